The van der Waals surface area contributed by atoms with Crippen LogP contribution in [0.4, 0.5) is 20.6 Å². The molecule has 0 aliphatic carbocycles. The summed E-state index contributed by atoms with van der Waals surface area (Å²) in [5, 5.41) is 3.09. The van der Waals surface area contributed by atoms with Gasteiger partial charge in [0.05, 0.1) is 23.6 Å². The molecule has 1 atom stereocenters. The first-order valence-corrected chi connectivity index (χ1v) is 8.72. The second-order valence-electron chi connectivity index (χ2n) is 6.79. The van der Waals surface area contributed by atoms with Crippen molar-refractivity contribution in [2.75, 3.05) is 31.6 Å². The number of carbonyl (C=O) groups excluding carboxylic acids is 1. The van der Waals surface area contributed by atoms with Gasteiger partial charge in [-0.25, -0.2) is 9.18 Å². The molecule has 0 bridgehead atoms. The number of pyridine rings is 1. The van der Waals surface area contributed by atoms with Crippen LogP contribution in [0, 0.1) is 12.7 Å². The Labute approximate surface area is 151 Å². The number of ether oxygens (including phenoxy) is 1. The lowest BCUT2D eigenvalue weighted by molar-refractivity contribution is 0.115. The smallest absolute Gasteiger partial charge is 0.410 e. The molecule has 136 valence electrons. The number of fused-ring (bicyclic) bond motifs is 1. The Kier molecular flexibility index (Phi) is 4.46. The van der Waals surface area contributed by atoms with Crippen molar-refractivity contribution < 1.29 is 13.9 Å². The van der Waals surface area contributed by atoms with Crippen LogP contribution < -0.4 is 5.32 Å². The van der Waals surface area contributed by atoms with E-state index in [0.717, 1.165) is 30.0 Å². The van der Waals surface area contributed by atoms with E-state index in [0.29, 0.717) is 25.4 Å². The van der Waals surface area contributed by atoms with Crippen LogP contribution in [0.5, 0.6) is 0 Å². The molecule has 0 spiro atoms. The maximum Gasteiger partial charge on any atom is 0.410 e. The number of benzene rings is 1. The van der Waals surface area contributed by atoms with Gasteiger partial charge in [0.25, 0.3) is 0 Å². The lowest BCUT2D eigenvalue weighted by atomic mass is 10.1. The molecule has 2 saturated heterocycles. The first kappa shape index (κ1) is 16.8. The van der Waals surface area contributed by atoms with Gasteiger partial charge in [-0.1, -0.05) is 6.07 Å². The first-order chi connectivity index (χ1) is 12.6. The third-order valence-corrected chi connectivity index (χ3v) is 4.83. The van der Waals surface area contributed by atoms with E-state index in [9.17, 15) is 9.18 Å². The van der Waals surface area contributed by atoms with E-state index >= 15 is 0 Å². The predicted octanol–water partition coefficient (Wildman–Crippen LogP) is 2.91. The monoisotopic (exact) mass is 356 g/mol. The highest BCUT2D eigenvalue weighted by Gasteiger charge is 2.37. The Morgan fingerprint density at radius 1 is 1.31 bits per heavy atom. The number of amides is 1. The summed E-state index contributed by atoms with van der Waals surface area (Å²) >= 11 is 0. The Bertz CT molecular complexity index is 812. The van der Waals surface area contributed by atoms with Crippen molar-refractivity contribution >= 4 is 17.5 Å². The number of nitrogens with one attached hydrogen (secondary N) is 1. The molecule has 7 heteroatoms. The highest BCUT2D eigenvalue weighted by Crippen LogP contribution is 2.24. The fourth-order valence-corrected chi connectivity index (χ4v) is 3.42. The van der Waals surface area contributed by atoms with E-state index in [1.54, 1.807) is 17.2 Å². The van der Waals surface area contributed by atoms with Gasteiger partial charge < -0.3 is 10.1 Å². The number of piperazine rings is 1. The number of carbonyl (C=O) groups is 1. The molecule has 1 aromatic heterocycles. The van der Waals surface area contributed by atoms with E-state index in [-0.39, 0.29) is 18.0 Å². The average molecular weight is 356 g/mol. The van der Waals surface area contributed by atoms with Crippen LogP contribution in [0.2, 0.25) is 0 Å². The van der Waals surface area contributed by atoms with E-state index in [1.807, 2.05) is 25.1 Å². The van der Waals surface area contributed by atoms with Crippen molar-refractivity contribution in [1.82, 2.24) is 14.8 Å². The number of aryl methyl sites for hydroxylation is 1. The van der Waals surface area contributed by atoms with Gasteiger partial charge in [-0.15, -0.1) is 0 Å². The molecule has 2 aromatic rings. The minimum atomic E-state index is -0.297. The van der Waals surface area contributed by atoms with Crippen molar-refractivity contribution in [3.63, 3.8) is 0 Å². The standard InChI is InChI=1S/C19H21FN4O2/c1-13-2-4-15(9-21-13)22-18-8-14(3-5-17(18)20)10-23-6-7-24-16(11-23)12-26-19(24)25/h2-5,8-9,16,22H,6-7,10-12H2,1H3/t16-/m1/s1. The summed E-state index contributed by atoms with van der Waals surface area (Å²) in [6.07, 6.45) is 1.48. The third-order valence-electron chi connectivity index (χ3n) is 4.83. The zero-order valence-electron chi connectivity index (χ0n) is 14.6. The number of rotatable bonds is 4. The lowest BCUT2D eigenvalue weighted by Crippen LogP contribution is -2.51. The van der Waals surface area contributed by atoms with E-state index in [2.05, 4.69) is 15.2 Å². The third kappa shape index (κ3) is 3.48. The lowest BCUT2D eigenvalue weighted by Gasteiger charge is -2.35. The molecule has 0 radical (unpaired) electrons. The molecule has 26 heavy (non-hydrogen) atoms. The predicted molar refractivity (Wildman–Crippen MR) is 95.8 cm³/mol. The van der Waals surface area contributed by atoms with Crippen molar-refractivity contribution in [2.24, 2.45) is 0 Å². The van der Waals surface area contributed by atoms with Crippen LogP contribution in [0.1, 0.15) is 11.3 Å². The number of nitrogens with zero attached hydrogens (tertiary/aromatic N) is 3. The molecular weight excluding hydrogens is 335 g/mol. The molecule has 0 saturated carbocycles. The molecule has 1 aromatic carbocycles. The molecule has 6 nitrogen and oxygen atoms in total. The van der Waals surface area contributed by atoms with Crippen LogP contribution in [-0.2, 0) is 11.3 Å². The Morgan fingerprint density at radius 2 is 2.19 bits per heavy atom. The second kappa shape index (κ2) is 6.92. The maximum absolute atomic E-state index is 14.2. The van der Waals surface area contributed by atoms with E-state index in [1.165, 1.54) is 6.07 Å². The Balaban J connectivity index is 1.44. The fourth-order valence-electron chi connectivity index (χ4n) is 3.42. The second-order valence-corrected chi connectivity index (χ2v) is 6.79. The van der Waals surface area contributed by atoms with Crippen LogP contribution in [0.25, 0.3) is 0 Å². The van der Waals surface area contributed by atoms with Crippen LogP contribution >= 0.6 is 0 Å². The van der Waals surface area contributed by atoms with Crippen molar-refractivity contribution in [1.29, 1.82) is 0 Å². The highest BCUT2D eigenvalue weighted by atomic mass is 19.1. The first-order valence-electron chi connectivity index (χ1n) is 8.72. The van der Waals surface area contributed by atoms with Crippen LogP contribution in [-0.4, -0.2) is 53.2 Å². The zero-order chi connectivity index (χ0) is 18.1. The summed E-state index contributed by atoms with van der Waals surface area (Å²) in [6, 6.07) is 9.00. The van der Waals surface area contributed by atoms with Gasteiger partial charge in [0.2, 0.25) is 0 Å². The molecule has 1 N–H and O–H groups in total. The molecule has 2 fully saturated rings. The molecule has 0 unspecified atom stereocenters. The van der Waals surface area contributed by atoms with Gasteiger partial charge in [0, 0.05) is 31.9 Å². The highest BCUT2D eigenvalue weighted by molar-refractivity contribution is 5.70. The number of anilines is 2. The summed E-state index contributed by atoms with van der Waals surface area (Å²) < 4.78 is 19.3. The normalized spacial score (nSPS) is 20.0. The number of halogens is 1. The molecular formula is C19H21FN4O2. The Hall–Kier alpha value is -2.67. The molecule has 4 rings (SSSR count). The Morgan fingerprint density at radius 3 is 3.00 bits per heavy atom. The van der Waals surface area contributed by atoms with E-state index < -0.39 is 0 Å². The largest absolute Gasteiger partial charge is 0.447 e. The number of hydrogen-bond donors (Lipinski definition) is 1. The molecule has 2 aliphatic rings. The van der Waals surface area contributed by atoms with Gasteiger partial charge in [0.1, 0.15) is 12.4 Å². The summed E-state index contributed by atoms with van der Waals surface area (Å²) in [4.78, 5) is 19.9. The molecule has 2 aliphatic heterocycles. The summed E-state index contributed by atoms with van der Waals surface area (Å²) in [6.45, 7) is 5.30. The number of hydrogen-bond acceptors (Lipinski definition) is 5. The quantitative estimate of drug-likeness (QED) is 0.913. The number of cyclic esters (lactones) is 1. The summed E-state index contributed by atoms with van der Waals surface area (Å²) in [5.74, 6) is -0.297. The maximum atomic E-state index is 14.2. The SMILES string of the molecule is Cc1ccc(Nc2cc(CN3CCN4C(=O)OC[C@H]4C3)ccc2F)cn1. The van der Waals surface area contributed by atoms with Gasteiger partial charge in [-0.2, -0.15) is 0 Å². The minimum absolute atomic E-state index is 0.118. The van der Waals surface area contributed by atoms with Crippen molar-refractivity contribution in [3.05, 3.63) is 53.6 Å². The van der Waals surface area contributed by atoms with Crippen LogP contribution in [0.3, 0.4) is 0 Å². The fraction of sp³-hybridized carbons (Fsp3) is 0.368. The topological polar surface area (TPSA) is 57.7 Å². The van der Waals surface area contributed by atoms with Gasteiger partial charge in [0.15, 0.2) is 0 Å². The molecule has 3 heterocycles. The molecule has 1 amide bonds. The zero-order valence-corrected chi connectivity index (χ0v) is 14.6. The minimum Gasteiger partial charge on any atom is -0.447 e. The van der Waals surface area contributed by atoms with Gasteiger partial charge in [-0.05, 0) is 36.8 Å². The van der Waals surface area contributed by atoms with Crippen molar-refractivity contribution in [3.8, 4) is 0 Å². The number of aromatic nitrogens is 1. The van der Waals surface area contributed by atoms with E-state index in [4.69, 9.17) is 4.74 Å². The van der Waals surface area contributed by atoms with Crippen LogP contribution in [0.15, 0.2) is 36.5 Å². The average Bonchev–Trinajstić information content (AvgIpc) is 3.00. The van der Waals surface area contributed by atoms with Crippen molar-refractivity contribution in [2.45, 2.75) is 19.5 Å². The van der Waals surface area contributed by atoms with Gasteiger partial charge in [-0.3, -0.25) is 14.8 Å². The summed E-state index contributed by atoms with van der Waals surface area (Å²) in [7, 11) is 0. The van der Waals surface area contributed by atoms with Gasteiger partial charge >= 0.3 is 6.09 Å². The summed E-state index contributed by atoms with van der Waals surface area (Å²) in [5.41, 5.74) is 3.12.